The molecule has 0 bridgehead atoms. The first kappa shape index (κ1) is 13.7. The van der Waals surface area contributed by atoms with Gasteiger partial charge in [0.1, 0.15) is 0 Å². The van der Waals surface area contributed by atoms with Gasteiger partial charge in [-0.1, -0.05) is 0 Å². The van der Waals surface area contributed by atoms with Gasteiger partial charge in [0.15, 0.2) is 0 Å². The van der Waals surface area contributed by atoms with Crippen LogP contribution in [0, 0.1) is 6.92 Å². The summed E-state index contributed by atoms with van der Waals surface area (Å²) in [5.74, 6) is 0. The number of hydrogen-bond acceptors (Lipinski definition) is 3. The maximum Gasteiger partial charge on any atom is 0.0598 e. The van der Waals surface area contributed by atoms with Crippen LogP contribution in [0.2, 0.25) is 0 Å². The van der Waals surface area contributed by atoms with Gasteiger partial charge in [-0.15, -0.1) is 0 Å². The molecule has 1 N–H and O–H groups in total. The molecule has 0 aromatic carbocycles. The second kappa shape index (κ2) is 6.48. The van der Waals surface area contributed by atoms with Gasteiger partial charge in [0, 0.05) is 31.1 Å². The molecule has 2 heterocycles. The number of aliphatic hydroxyl groups is 1. The summed E-state index contributed by atoms with van der Waals surface area (Å²) in [4.78, 5) is 3.99. The molecule has 0 saturated carbocycles. The largest absolute Gasteiger partial charge is 0.393 e. The SMILES string of the molecule is CCn1nc(C)cc1CC(O)CCc1ccncc1. The fraction of sp³-hybridized carbons (Fsp3) is 0.467. The van der Waals surface area contributed by atoms with Crippen molar-refractivity contribution in [1.82, 2.24) is 14.8 Å². The van der Waals surface area contributed by atoms with Gasteiger partial charge < -0.3 is 5.11 Å². The van der Waals surface area contributed by atoms with E-state index in [9.17, 15) is 5.11 Å². The Hall–Kier alpha value is -1.68. The predicted octanol–water partition coefficient (Wildman–Crippen LogP) is 2.14. The lowest BCUT2D eigenvalue weighted by Gasteiger charge is -2.11. The number of aliphatic hydroxyl groups excluding tert-OH is 1. The molecule has 1 unspecified atom stereocenters. The van der Waals surface area contributed by atoms with Crippen molar-refractivity contribution < 1.29 is 5.11 Å². The van der Waals surface area contributed by atoms with E-state index in [0.29, 0.717) is 6.42 Å². The Balaban J connectivity index is 1.88. The summed E-state index contributed by atoms with van der Waals surface area (Å²) in [5.41, 5.74) is 3.34. The van der Waals surface area contributed by atoms with Gasteiger partial charge in [-0.2, -0.15) is 5.10 Å². The van der Waals surface area contributed by atoms with Crippen LogP contribution in [-0.4, -0.2) is 26.0 Å². The molecule has 0 aliphatic carbocycles. The minimum atomic E-state index is -0.324. The predicted molar refractivity (Wildman–Crippen MR) is 74.9 cm³/mol. The lowest BCUT2D eigenvalue weighted by Crippen LogP contribution is -2.15. The van der Waals surface area contributed by atoms with Crippen molar-refractivity contribution >= 4 is 0 Å². The van der Waals surface area contributed by atoms with E-state index in [1.54, 1.807) is 12.4 Å². The molecule has 0 aliphatic rings. The highest BCUT2D eigenvalue weighted by molar-refractivity contribution is 5.12. The van der Waals surface area contributed by atoms with E-state index in [4.69, 9.17) is 0 Å². The number of aromatic nitrogens is 3. The van der Waals surface area contributed by atoms with Crippen LogP contribution in [0.1, 0.15) is 30.3 Å². The summed E-state index contributed by atoms with van der Waals surface area (Å²) in [6, 6.07) is 6.04. The maximum absolute atomic E-state index is 10.1. The highest BCUT2D eigenvalue weighted by Crippen LogP contribution is 2.11. The average molecular weight is 259 g/mol. The summed E-state index contributed by atoms with van der Waals surface area (Å²) in [7, 11) is 0. The third-order valence-corrected chi connectivity index (χ3v) is 3.25. The molecular formula is C15H21N3O. The summed E-state index contributed by atoms with van der Waals surface area (Å²) in [5, 5.41) is 14.5. The summed E-state index contributed by atoms with van der Waals surface area (Å²) in [6.07, 6.45) is 5.56. The van der Waals surface area contributed by atoms with Crippen molar-refractivity contribution in [2.75, 3.05) is 0 Å². The Labute approximate surface area is 114 Å². The maximum atomic E-state index is 10.1. The smallest absolute Gasteiger partial charge is 0.0598 e. The zero-order valence-electron chi connectivity index (χ0n) is 11.6. The van der Waals surface area contributed by atoms with Crippen LogP contribution in [0.5, 0.6) is 0 Å². The number of aryl methyl sites for hydroxylation is 3. The van der Waals surface area contributed by atoms with Crippen molar-refractivity contribution in [3.8, 4) is 0 Å². The molecule has 4 heteroatoms. The van der Waals surface area contributed by atoms with Crippen molar-refractivity contribution in [3.63, 3.8) is 0 Å². The normalized spacial score (nSPS) is 12.6. The third kappa shape index (κ3) is 3.89. The molecule has 0 radical (unpaired) electrons. The average Bonchev–Trinajstić information content (AvgIpc) is 2.77. The molecule has 2 aromatic heterocycles. The molecule has 102 valence electrons. The number of hydrogen-bond donors (Lipinski definition) is 1. The molecule has 0 spiro atoms. The Kier molecular flexibility index (Phi) is 4.68. The highest BCUT2D eigenvalue weighted by Gasteiger charge is 2.10. The molecule has 0 fully saturated rings. The molecule has 2 aromatic rings. The van der Waals surface area contributed by atoms with Crippen molar-refractivity contribution in [1.29, 1.82) is 0 Å². The fourth-order valence-electron chi connectivity index (χ4n) is 2.26. The lowest BCUT2D eigenvalue weighted by atomic mass is 10.0. The Morgan fingerprint density at radius 3 is 2.74 bits per heavy atom. The van der Waals surface area contributed by atoms with Gasteiger partial charge in [-0.25, -0.2) is 0 Å². The van der Waals surface area contributed by atoms with Gasteiger partial charge in [0.05, 0.1) is 11.8 Å². The first-order chi connectivity index (χ1) is 9.19. The number of pyridine rings is 1. The second-order valence-electron chi connectivity index (χ2n) is 4.84. The number of nitrogens with zero attached hydrogens (tertiary/aromatic N) is 3. The van der Waals surface area contributed by atoms with E-state index < -0.39 is 0 Å². The van der Waals surface area contributed by atoms with Crippen LogP contribution < -0.4 is 0 Å². The standard InChI is InChI=1S/C15H21N3O/c1-3-18-14(10-12(2)17-18)11-15(19)5-4-13-6-8-16-9-7-13/h6-10,15,19H,3-5,11H2,1-2H3. The van der Waals surface area contributed by atoms with Gasteiger partial charge in [-0.05, 0) is 50.5 Å². The zero-order valence-corrected chi connectivity index (χ0v) is 11.6. The van der Waals surface area contributed by atoms with Gasteiger partial charge in [0.25, 0.3) is 0 Å². The molecular weight excluding hydrogens is 238 g/mol. The first-order valence-corrected chi connectivity index (χ1v) is 6.79. The Bertz CT molecular complexity index is 507. The molecule has 4 nitrogen and oxygen atoms in total. The lowest BCUT2D eigenvalue weighted by molar-refractivity contribution is 0.162. The van der Waals surface area contributed by atoms with Crippen LogP contribution >= 0.6 is 0 Å². The highest BCUT2D eigenvalue weighted by atomic mass is 16.3. The van der Waals surface area contributed by atoms with Crippen molar-refractivity contribution in [2.45, 2.75) is 45.8 Å². The third-order valence-electron chi connectivity index (χ3n) is 3.25. The van der Waals surface area contributed by atoms with Gasteiger partial charge in [-0.3, -0.25) is 9.67 Å². The van der Waals surface area contributed by atoms with E-state index in [0.717, 1.165) is 30.8 Å². The van der Waals surface area contributed by atoms with Gasteiger partial charge in [0.2, 0.25) is 0 Å². The van der Waals surface area contributed by atoms with E-state index in [-0.39, 0.29) is 6.10 Å². The van der Waals surface area contributed by atoms with Crippen molar-refractivity contribution in [3.05, 3.63) is 47.5 Å². The Morgan fingerprint density at radius 2 is 2.05 bits per heavy atom. The van der Waals surface area contributed by atoms with E-state index in [1.165, 1.54) is 5.56 Å². The summed E-state index contributed by atoms with van der Waals surface area (Å²) in [6.45, 7) is 4.90. The van der Waals surface area contributed by atoms with Gasteiger partial charge >= 0.3 is 0 Å². The second-order valence-corrected chi connectivity index (χ2v) is 4.84. The molecule has 2 rings (SSSR count). The van der Waals surface area contributed by atoms with Crippen molar-refractivity contribution in [2.24, 2.45) is 0 Å². The molecule has 19 heavy (non-hydrogen) atoms. The Morgan fingerprint density at radius 1 is 1.32 bits per heavy atom. The van der Waals surface area contributed by atoms with E-state index in [2.05, 4.69) is 23.1 Å². The van der Waals surface area contributed by atoms with E-state index >= 15 is 0 Å². The van der Waals surface area contributed by atoms with Crippen LogP contribution in [0.25, 0.3) is 0 Å². The molecule has 0 saturated heterocycles. The summed E-state index contributed by atoms with van der Waals surface area (Å²) >= 11 is 0. The fourth-order valence-corrected chi connectivity index (χ4v) is 2.26. The monoisotopic (exact) mass is 259 g/mol. The number of rotatable bonds is 6. The van der Waals surface area contributed by atoms with E-state index in [1.807, 2.05) is 23.7 Å². The molecule has 0 amide bonds. The van der Waals surface area contributed by atoms with Crippen LogP contribution in [-0.2, 0) is 19.4 Å². The first-order valence-electron chi connectivity index (χ1n) is 6.79. The van der Waals surface area contributed by atoms with Crippen LogP contribution in [0.15, 0.2) is 30.6 Å². The topological polar surface area (TPSA) is 50.9 Å². The summed E-state index contributed by atoms with van der Waals surface area (Å²) < 4.78 is 1.96. The van der Waals surface area contributed by atoms with Crippen LogP contribution in [0.4, 0.5) is 0 Å². The quantitative estimate of drug-likeness (QED) is 0.864. The minimum Gasteiger partial charge on any atom is -0.393 e. The minimum absolute atomic E-state index is 0.324. The van der Waals surface area contributed by atoms with Crippen LogP contribution in [0.3, 0.4) is 0 Å². The zero-order chi connectivity index (χ0) is 13.7. The molecule has 0 aliphatic heterocycles. The molecule has 1 atom stereocenters.